The minimum absolute atomic E-state index is 0.0144. The maximum atomic E-state index is 14.2. The Morgan fingerprint density at radius 2 is 1.89 bits per heavy atom. The van der Waals surface area contributed by atoms with Gasteiger partial charge in [0.05, 0.1) is 30.1 Å². The molecule has 3 saturated heterocycles. The van der Waals surface area contributed by atoms with Crippen LogP contribution in [0.4, 0.5) is 0 Å². The summed E-state index contributed by atoms with van der Waals surface area (Å²) >= 11 is 0. The summed E-state index contributed by atoms with van der Waals surface area (Å²) in [6, 6.07) is 8.15. The van der Waals surface area contributed by atoms with Gasteiger partial charge in [-0.05, 0) is 37.2 Å². The Morgan fingerprint density at radius 3 is 2.50 bits per heavy atom. The number of nitrogens with zero attached hydrogens (tertiary/aromatic N) is 1. The van der Waals surface area contributed by atoms with E-state index in [0.717, 1.165) is 18.4 Å². The van der Waals surface area contributed by atoms with Gasteiger partial charge in [-0.25, -0.2) is 0 Å². The molecule has 8 atom stereocenters. The number of aliphatic hydroxyl groups is 1. The first-order valence-electron chi connectivity index (χ1n) is 13.4. The molecule has 3 heterocycles. The van der Waals surface area contributed by atoms with Crippen LogP contribution in [0.5, 0.6) is 0 Å². The van der Waals surface area contributed by atoms with Gasteiger partial charge in [0.2, 0.25) is 17.7 Å². The van der Waals surface area contributed by atoms with Crippen LogP contribution in [-0.4, -0.2) is 64.2 Å². The van der Waals surface area contributed by atoms with Gasteiger partial charge in [-0.1, -0.05) is 64.4 Å². The van der Waals surface area contributed by atoms with Crippen molar-refractivity contribution in [3.8, 4) is 0 Å². The van der Waals surface area contributed by atoms with Gasteiger partial charge in [0.25, 0.3) is 0 Å². The number of carbonyl (C=O) groups excluding carboxylic acids is 3. The molecular weight excluding hydrogens is 458 g/mol. The second-order valence-corrected chi connectivity index (χ2v) is 11.1. The zero-order valence-corrected chi connectivity index (χ0v) is 22.1. The monoisotopic (exact) mass is 499 g/mol. The average Bonchev–Trinajstić information content (AvgIpc) is 3.39. The highest BCUT2D eigenvalue weighted by Gasteiger charge is 2.80. The van der Waals surface area contributed by atoms with Crippen LogP contribution in [0.15, 0.2) is 30.3 Å². The summed E-state index contributed by atoms with van der Waals surface area (Å²) in [5.74, 6) is -2.26. The summed E-state index contributed by atoms with van der Waals surface area (Å²) in [5.41, 5.74) is -1.00. The second-order valence-electron chi connectivity index (χ2n) is 11.1. The Kier molecular flexibility index (Phi) is 7.49. The van der Waals surface area contributed by atoms with E-state index in [-0.39, 0.29) is 36.2 Å². The first-order valence-corrected chi connectivity index (χ1v) is 13.4. The highest BCUT2D eigenvalue weighted by atomic mass is 16.5. The number of likely N-dealkylation sites (tertiary alicyclic amines) is 1. The summed E-state index contributed by atoms with van der Waals surface area (Å²) in [7, 11) is 0. The van der Waals surface area contributed by atoms with Gasteiger partial charge >= 0.3 is 0 Å². The van der Waals surface area contributed by atoms with Crippen molar-refractivity contribution in [2.24, 2.45) is 23.7 Å². The van der Waals surface area contributed by atoms with Crippen molar-refractivity contribution in [2.75, 3.05) is 13.2 Å². The standard InChI is InChI=1S/C28H41N3O5/c1-6-13-29-24(33)21-22-26(35)31(20(16-32)17(3)7-2)23(28(22)14-18(4)27(21,5)36-28)25(34)30-15-19-11-9-8-10-12-19/h8-12,17-18,20-23,32H,6-7,13-16H2,1-5H3,(H,29,33)(H,30,34)/t17-,18?,20-,21-,22-,23?,27+,28?/m0/s1. The summed E-state index contributed by atoms with van der Waals surface area (Å²) in [5, 5.41) is 16.4. The molecule has 3 unspecified atom stereocenters. The molecule has 1 spiro atoms. The van der Waals surface area contributed by atoms with Crippen molar-refractivity contribution in [1.29, 1.82) is 0 Å². The van der Waals surface area contributed by atoms with Gasteiger partial charge in [-0.2, -0.15) is 0 Å². The van der Waals surface area contributed by atoms with Crippen molar-refractivity contribution >= 4 is 17.7 Å². The molecule has 2 bridgehead atoms. The van der Waals surface area contributed by atoms with E-state index in [4.69, 9.17) is 4.74 Å². The average molecular weight is 500 g/mol. The molecule has 3 aliphatic rings. The van der Waals surface area contributed by atoms with E-state index in [1.807, 2.05) is 65.0 Å². The van der Waals surface area contributed by atoms with Crippen LogP contribution in [0.1, 0.15) is 59.4 Å². The minimum Gasteiger partial charge on any atom is -0.394 e. The molecule has 1 aromatic carbocycles. The van der Waals surface area contributed by atoms with Crippen LogP contribution in [0.25, 0.3) is 0 Å². The number of hydrogen-bond donors (Lipinski definition) is 3. The van der Waals surface area contributed by atoms with Crippen LogP contribution < -0.4 is 10.6 Å². The molecule has 0 aliphatic carbocycles. The Bertz CT molecular complexity index is 987. The second kappa shape index (κ2) is 10.1. The fourth-order valence-electron chi connectivity index (χ4n) is 6.79. The summed E-state index contributed by atoms with van der Waals surface area (Å²) in [6.07, 6.45) is 2.03. The molecule has 3 aliphatic heterocycles. The van der Waals surface area contributed by atoms with E-state index in [2.05, 4.69) is 10.6 Å². The molecule has 0 aromatic heterocycles. The Balaban J connectivity index is 1.75. The Labute approximate surface area is 214 Å². The van der Waals surface area contributed by atoms with Crippen LogP contribution in [0.2, 0.25) is 0 Å². The maximum Gasteiger partial charge on any atom is 0.246 e. The number of fused-ring (bicyclic) bond motifs is 1. The van der Waals surface area contributed by atoms with Gasteiger partial charge in [0.1, 0.15) is 11.6 Å². The van der Waals surface area contributed by atoms with Crippen molar-refractivity contribution in [3.05, 3.63) is 35.9 Å². The number of carbonyl (C=O) groups is 3. The number of nitrogens with one attached hydrogen (secondary N) is 2. The van der Waals surface area contributed by atoms with Crippen LogP contribution >= 0.6 is 0 Å². The summed E-state index contributed by atoms with van der Waals surface area (Å²) in [4.78, 5) is 43.1. The third-order valence-electron chi connectivity index (χ3n) is 8.99. The summed E-state index contributed by atoms with van der Waals surface area (Å²) < 4.78 is 6.73. The van der Waals surface area contributed by atoms with E-state index in [0.29, 0.717) is 19.5 Å². The predicted molar refractivity (Wildman–Crippen MR) is 136 cm³/mol. The van der Waals surface area contributed by atoms with Gasteiger partial charge in [0, 0.05) is 13.1 Å². The topological polar surface area (TPSA) is 108 Å². The number of amides is 3. The fourth-order valence-corrected chi connectivity index (χ4v) is 6.79. The quantitative estimate of drug-likeness (QED) is 0.458. The number of rotatable bonds is 10. The first-order chi connectivity index (χ1) is 17.2. The molecule has 1 aromatic rings. The van der Waals surface area contributed by atoms with E-state index in [1.54, 1.807) is 4.90 Å². The number of aliphatic hydroxyl groups excluding tert-OH is 1. The third-order valence-corrected chi connectivity index (χ3v) is 8.99. The molecule has 8 nitrogen and oxygen atoms in total. The molecule has 3 amide bonds. The van der Waals surface area contributed by atoms with Crippen LogP contribution in [-0.2, 0) is 25.7 Å². The van der Waals surface area contributed by atoms with Gasteiger partial charge in [-0.15, -0.1) is 0 Å². The molecular formula is C28H41N3O5. The highest BCUT2D eigenvalue weighted by molar-refractivity contribution is 5.99. The molecule has 36 heavy (non-hydrogen) atoms. The smallest absolute Gasteiger partial charge is 0.246 e. The predicted octanol–water partition coefficient (Wildman–Crippen LogP) is 2.25. The molecule has 3 fully saturated rings. The van der Waals surface area contributed by atoms with Crippen molar-refractivity contribution in [2.45, 2.75) is 83.7 Å². The van der Waals surface area contributed by atoms with Crippen molar-refractivity contribution in [3.63, 3.8) is 0 Å². The lowest BCUT2D eigenvalue weighted by Gasteiger charge is -2.39. The molecule has 3 N–H and O–H groups in total. The Hall–Kier alpha value is -2.45. The first kappa shape index (κ1) is 26.6. The van der Waals surface area contributed by atoms with Crippen molar-refractivity contribution < 1.29 is 24.2 Å². The largest absolute Gasteiger partial charge is 0.394 e. The molecule has 8 heteroatoms. The number of hydrogen-bond acceptors (Lipinski definition) is 5. The van der Waals surface area contributed by atoms with Crippen LogP contribution in [0.3, 0.4) is 0 Å². The summed E-state index contributed by atoms with van der Waals surface area (Å²) in [6.45, 7) is 10.5. The normalized spacial score (nSPS) is 34.4. The van der Waals surface area contributed by atoms with E-state index < -0.39 is 35.1 Å². The lowest BCUT2D eigenvalue weighted by Crippen LogP contribution is -2.59. The SMILES string of the molecule is CCCNC(=O)[C@@H]1[C@H]2C(=O)N([C@@H](CO)[C@@H](C)CC)C(C(=O)NCc3ccccc3)C23CC(C)[C@@]1(C)O3. The lowest BCUT2D eigenvalue weighted by molar-refractivity contribution is -0.152. The third kappa shape index (κ3) is 4.02. The molecule has 4 rings (SSSR count). The van der Waals surface area contributed by atoms with Gasteiger partial charge < -0.3 is 25.4 Å². The molecule has 0 saturated carbocycles. The van der Waals surface area contributed by atoms with E-state index in [9.17, 15) is 19.5 Å². The van der Waals surface area contributed by atoms with E-state index >= 15 is 0 Å². The number of ether oxygens (including phenoxy) is 1. The van der Waals surface area contributed by atoms with Gasteiger partial charge in [-0.3, -0.25) is 14.4 Å². The van der Waals surface area contributed by atoms with Gasteiger partial charge in [0.15, 0.2) is 0 Å². The van der Waals surface area contributed by atoms with E-state index in [1.165, 1.54) is 0 Å². The highest BCUT2D eigenvalue weighted by Crippen LogP contribution is 2.65. The van der Waals surface area contributed by atoms with Crippen molar-refractivity contribution in [1.82, 2.24) is 15.5 Å². The lowest BCUT2D eigenvalue weighted by atomic mass is 9.62. The maximum absolute atomic E-state index is 14.2. The minimum atomic E-state index is -1.11. The molecule has 0 radical (unpaired) electrons. The number of benzene rings is 1. The Morgan fingerprint density at radius 1 is 1.19 bits per heavy atom. The van der Waals surface area contributed by atoms with Crippen LogP contribution in [0, 0.1) is 23.7 Å². The molecule has 198 valence electrons. The zero-order valence-electron chi connectivity index (χ0n) is 22.1. The fraction of sp³-hybridized carbons (Fsp3) is 0.679. The zero-order chi connectivity index (χ0) is 26.3.